The molecule has 0 N–H and O–H groups in total. The molecule has 0 amide bonds. The SMILES string of the molecule is Cc1cnc(OC(C)(C)C)c(N2CCC(CSc3ccccc3F)CC2)n1. The summed E-state index contributed by atoms with van der Waals surface area (Å²) in [6, 6.07) is 7.00. The number of nitrogens with zero attached hydrogens (tertiary/aromatic N) is 3. The predicted molar refractivity (Wildman–Crippen MR) is 109 cm³/mol. The van der Waals surface area contributed by atoms with Gasteiger partial charge in [0.1, 0.15) is 11.4 Å². The van der Waals surface area contributed by atoms with E-state index >= 15 is 0 Å². The highest BCUT2D eigenvalue weighted by molar-refractivity contribution is 7.99. The van der Waals surface area contributed by atoms with E-state index in [0.29, 0.717) is 11.8 Å². The van der Waals surface area contributed by atoms with Gasteiger partial charge < -0.3 is 9.64 Å². The van der Waals surface area contributed by atoms with E-state index in [-0.39, 0.29) is 11.4 Å². The van der Waals surface area contributed by atoms with Gasteiger partial charge in [0.25, 0.3) is 5.88 Å². The van der Waals surface area contributed by atoms with Gasteiger partial charge in [0, 0.05) is 23.7 Å². The van der Waals surface area contributed by atoms with Crippen molar-refractivity contribution in [1.82, 2.24) is 9.97 Å². The highest BCUT2D eigenvalue weighted by atomic mass is 32.2. The second kappa shape index (κ2) is 8.46. The Balaban J connectivity index is 1.60. The molecule has 0 radical (unpaired) electrons. The number of ether oxygens (including phenoxy) is 1. The molecule has 3 rings (SSSR count). The van der Waals surface area contributed by atoms with Crippen molar-refractivity contribution < 1.29 is 9.13 Å². The first kappa shape index (κ1) is 19.9. The van der Waals surface area contributed by atoms with Gasteiger partial charge in [-0.05, 0) is 58.6 Å². The highest BCUT2D eigenvalue weighted by Gasteiger charge is 2.25. The maximum absolute atomic E-state index is 13.8. The molecule has 4 nitrogen and oxygen atoms in total. The Bertz CT molecular complexity index is 770. The second-order valence-electron chi connectivity index (χ2n) is 8.03. The Morgan fingerprint density at radius 3 is 2.59 bits per heavy atom. The largest absolute Gasteiger partial charge is 0.469 e. The molecule has 146 valence electrons. The van der Waals surface area contributed by atoms with E-state index in [1.54, 1.807) is 24.0 Å². The fourth-order valence-corrected chi connectivity index (χ4v) is 4.23. The molecule has 6 heteroatoms. The molecule has 1 aromatic carbocycles. The molecule has 0 bridgehead atoms. The normalized spacial score (nSPS) is 15.8. The van der Waals surface area contributed by atoms with Crippen LogP contribution in [0.1, 0.15) is 39.3 Å². The van der Waals surface area contributed by atoms with E-state index < -0.39 is 0 Å². The minimum atomic E-state index is -0.312. The van der Waals surface area contributed by atoms with Gasteiger partial charge in [0.05, 0.1) is 11.9 Å². The lowest BCUT2D eigenvalue weighted by Gasteiger charge is -2.34. The van der Waals surface area contributed by atoms with Crippen LogP contribution >= 0.6 is 11.8 Å². The van der Waals surface area contributed by atoms with Crippen LogP contribution in [0.3, 0.4) is 0 Å². The highest BCUT2D eigenvalue weighted by Crippen LogP contribution is 2.33. The molecular formula is C21H28FN3OS. The summed E-state index contributed by atoms with van der Waals surface area (Å²) in [6.45, 7) is 9.84. The molecule has 0 spiro atoms. The number of rotatable bonds is 5. The van der Waals surface area contributed by atoms with E-state index in [1.807, 2.05) is 39.8 Å². The molecule has 2 heterocycles. The molecular weight excluding hydrogens is 361 g/mol. The standard InChI is InChI=1S/C21H28FN3OS/c1-15-13-23-20(26-21(2,3)4)19(24-15)25-11-9-16(10-12-25)14-27-18-8-6-5-7-17(18)22/h5-8,13,16H,9-12,14H2,1-4H3. The van der Waals surface area contributed by atoms with E-state index in [1.165, 1.54) is 6.07 Å². The van der Waals surface area contributed by atoms with Crippen LogP contribution in [0.5, 0.6) is 5.88 Å². The van der Waals surface area contributed by atoms with Crippen molar-refractivity contribution in [3.8, 4) is 5.88 Å². The van der Waals surface area contributed by atoms with Gasteiger partial charge in [0.15, 0.2) is 5.82 Å². The van der Waals surface area contributed by atoms with Crippen molar-refractivity contribution in [1.29, 1.82) is 0 Å². The van der Waals surface area contributed by atoms with Gasteiger partial charge in [-0.3, -0.25) is 0 Å². The molecule has 1 aliphatic rings. The lowest BCUT2D eigenvalue weighted by molar-refractivity contribution is 0.124. The summed E-state index contributed by atoms with van der Waals surface area (Å²) in [5, 5.41) is 0. The Hall–Kier alpha value is -1.82. The van der Waals surface area contributed by atoms with Crippen molar-refractivity contribution >= 4 is 17.6 Å². The minimum absolute atomic E-state index is 0.126. The fraction of sp³-hybridized carbons (Fsp3) is 0.524. The number of halogens is 1. The van der Waals surface area contributed by atoms with Crippen LogP contribution in [0.2, 0.25) is 0 Å². The van der Waals surface area contributed by atoms with Gasteiger partial charge >= 0.3 is 0 Å². The number of hydrogen-bond acceptors (Lipinski definition) is 5. The number of hydrogen-bond donors (Lipinski definition) is 0. The first-order valence-corrected chi connectivity index (χ1v) is 10.5. The summed E-state index contributed by atoms with van der Waals surface area (Å²) in [6.07, 6.45) is 3.88. The average molecular weight is 390 g/mol. The Kier molecular flexibility index (Phi) is 6.25. The van der Waals surface area contributed by atoms with Gasteiger partial charge in [-0.2, -0.15) is 0 Å². The quantitative estimate of drug-likeness (QED) is 0.665. The molecule has 0 saturated carbocycles. The van der Waals surface area contributed by atoms with Gasteiger partial charge in [-0.25, -0.2) is 14.4 Å². The van der Waals surface area contributed by atoms with Crippen LogP contribution < -0.4 is 9.64 Å². The number of aromatic nitrogens is 2. The number of benzene rings is 1. The molecule has 0 atom stereocenters. The topological polar surface area (TPSA) is 38.2 Å². The van der Waals surface area contributed by atoms with E-state index in [4.69, 9.17) is 9.72 Å². The van der Waals surface area contributed by atoms with Gasteiger partial charge in [-0.15, -0.1) is 11.8 Å². The van der Waals surface area contributed by atoms with Gasteiger partial charge in [0.2, 0.25) is 0 Å². The molecule has 0 unspecified atom stereocenters. The molecule has 0 aliphatic carbocycles. The average Bonchev–Trinajstić information content (AvgIpc) is 2.62. The van der Waals surface area contributed by atoms with Crippen LogP contribution in [0.4, 0.5) is 10.2 Å². The number of aryl methyl sites for hydroxylation is 1. The van der Waals surface area contributed by atoms with Crippen LogP contribution in [-0.2, 0) is 0 Å². The molecule has 1 aliphatic heterocycles. The molecule has 1 saturated heterocycles. The van der Waals surface area contributed by atoms with E-state index in [0.717, 1.165) is 48.1 Å². The van der Waals surface area contributed by atoms with Crippen LogP contribution in [0.15, 0.2) is 35.4 Å². The zero-order valence-electron chi connectivity index (χ0n) is 16.5. The van der Waals surface area contributed by atoms with E-state index in [9.17, 15) is 4.39 Å². The van der Waals surface area contributed by atoms with Crippen molar-refractivity contribution in [2.45, 2.75) is 51.0 Å². The maximum atomic E-state index is 13.8. The zero-order valence-corrected chi connectivity index (χ0v) is 17.4. The fourth-order valence-electron chi connectivity index (χ4n) is 3.10. The third-order valence-electron chi connectivity index (χ3n) is 4.47. The predicted octanol–water partition coefficient (Wildman–Crippen LogP) is 5.11. The minimum Gasteiger partial charge on any atom is -0.469 e. The lowest BCUT2D eigenvalue weighted by atomic mass is 9.99. The smallest absolute Gasteiger partial charge is 0.258 e. The molecule has 27 heavy (non-hydrogen) atoms. The summed E-state index contributed by atoms with van der Waals surface area (Å²) < 4.78 is 19.8. The lowest BCUT2D eigenvalue weighted by Crippen LogP contribution is -2.36. The van der Waals surface area contributed by atoms with Crippen molar-refractivity contribution in [3.05, 3.63) is 42.0 Å². The van der Waals surface area contributed by atoms with Crippen molar-refractivity contribution in [3.63, 3.8) is 0 Å². The Labute approximate surface area is 165 Å². The van der Waals surface area contributed by atoms with E-state index in [2.05, 4.69) is 9.88 Å². The molecule has 1 aromatic heterocycles. The molecule has 2 aromatic rings. The summed E-state index contributed by atoms with van der Waals surface area (Å²) >= 11 is 1.62. The molecule has 1 fully saturated rings. The number of piperidine rings is 1. The Morgan fingerprint density at radius 1 is 1.22 bits per heavy atom. The monoisotopic (exact) mass is 389 g/mol. The van der Waals surface area contributed by atoms with Gasteiger partial charge in [-0.1, -0.05) is 12.1 Å². The third kappa shape index (κ3) is 5.58. The van der Waals surface area contributed by atoms with Crippen molar-refractivity contribution in [2.24, 2.45) is 5.92 Å². The summed E-state index contributed by atoms with van der Waals surface area (Å²) in [4.78, 5) is 12.2. The zero-order chi connectivity index (χ0) is 19.4. The summed E-state index contributed by atoms with van der Waals surface area (Å²) in [5.41, 5.74) is 0.580. The number of thioether (sulfide) groups is 1. The van der Waals surface area contributed by atoms with Crippen molar-refractivity contribution in [2.75, 3.05) is 23.7 Å². The van der Waals surface area contributed by atoms with Crippen LogP contribution in [0, 0.1) is 18.7 Å². The first-order valence-electron chi connectivity index (χ1n) is 9.47. The second-order valence-corrected chi connectivity index (χ2v) is 9.09. The van der Waals surface area contributed by atoms with Crippen LogP contribution in [-0.4, -0.2) is 34.4 Å². The van der Waals surface area contributed by atoms with Crippen LogP contribution in [0.25, 0.3) is 0 Å². The first-order chi connectivity index (χ1) is 12.8. The Morgan fingerprint density at radius 2 is 1.93 bits per heavy atom. The summed E-state index contributed by atoms with van der Waals surface area (Å²) in [5.74, 6) is 2.84. The maximum Gasteiger partial charge on any atom is 0.258 e. The number of anilines is 1. The third-order valence-corrected chi connectivity index (χ3v) is 5.75. The summed E-state index contributed by atoms with van der Waals surface area (Å²) in [7, 11) is 0.